The lowest BCUT2D eigenvalue weighted by atomic mass is 10.1. The third kappa shape index (κ3) is 7.24. The first-order chi connectivity index (χ1) is 16.1. The van der Waals surface area contributed by atoms with Gasteiger partial charge in [0.2, 0.25) is 6.10 Å². The Morgan fingerprint density at radius 3 is 2.37 bits per heavy atom. The number of ether oxygens (including phenoxy) is 1. The minimum absolute atomic E-state index is 0.133. The van der Waals surface area contributed by atoms with E-state index in [0.717, 1.165) is 17.0 Å². The molecule has 2 aromatic rings. The Balaban J connectivity index is 1.75. The van der Waals surface area contributed by atoms with E-state index in [9.17, 15) is 39.6 Å². The van der Waals surface area contributed by atoms with Crippen LogP contribution in [0.5, 0.6) is 0 Å². The van der Waals surface area contributed by atoms with Crippen molar-refractivity contribution >= 4 is 33.2 Å². The summed E-state index contributed by atoms with van der Waals surface area (Å²) in [5, 5.41) is 1.000. The maximum absolute atomic E-state index is 13.6. The minimum Gasteiger partial charge on any atom is -0.435 e. The van der Waals surface area contributed by atoms with Crippen LogP contribution in [0.15, 0.2) is 48.5 Å². The molecule has 1 saturated heterocycles. The number of hydrogen-bond acceptors (Lipinski definition) is 5. The van der Waals surface area contributed by atoms with Crippen LogP contribution in [-0.2, 0) is 20.8 Å². The van der Waals surface area contributed by atoms with Gasteiger partial charge in [0.1, 0.15) is 0 Å². The largest absolute Gasteiger partial charge is 0.435 e. The van der Waals surface area contributed by atoms with Gasteiger partial charge in [-0.15, -0.1) is 0 Å². The van der Waals surface area contributed by atoms with E-state index in [2.05, 4.69) is 10.1 Å². The maximum atomic E-state index is 13.6. The highest BCUT2D eigenvalue weighted by molar-refractivity contribution is 7.91. The van der Waals surface area contributed by atoms with Gasteiger partial charge in [-0.05, 0) is 35.9 Å². The van der Waals surface area contributed by atoms with Crippen LogP contribution in [0.4, 0.5) is 36.8 Å². The predicted octanol–water partition coefficient (Wildman–Crippen LogP) is 5.31. The van der Waals surface area contributed by atoms with Crippen molar-refractivity contribution in [3.8, 4) is 0 Å². The predicted molar refractivity (Wildman–Crippen MR) is 116 cm³/mol. The summed E-state index contributed by atoms with van der Waals surface area (Å²) in [7, 11) is -3.93. The molecule has 3 rings (SSSR count). The van der Waals surface area contributed by atoms with Gasteiger partial charge in [0.15, 0.2) is 9.84 Å². The SMILES string of the molecule is O=C(Nc1ccc(Cl)cc1)O[C@@H](CN1CCS(=O)(=O)[C@@H](c2cccc(C(F)(F)F)c2)C1)C(F)(F)F. The third-order valence-corrected chi connectivity index (χ3v) is 7.56. The molecule has 0 saturated carbocycles. The first-order valence-corrected chi connectivity index (χ1v) is 12.2. The summed E-state index contributed by atoms with van der Waals surface area (Å²) in [6.45, 7) is -1.71. The molecule has 1 amide bonds. The molecule has 0 aliphatic carbocycles. The molecule has 1 N–H and O–H groups in total. The van der Waals surface area contributed by atoms with Gasteiger partial charge in [0.05, 0.1) is 16.6 Å². The van der Waals surface area contributed by atoms with Crippen molar-refractivity contribution in [3.05, 3.63) is 64.7 Å². The van der Waals surface area contributed by atoms with Crippen LogP contribution < -0.4 is 5.32 Å². The quantitative estimate of drug-likeness (QED) is 0.516. The highest BCUT2D eigenvalue weighted by Gasteiger charge is 2.46. The van der Waals surface area contributed by atoms with E-state index in [1.807, 2.05) is 0 Å². The monoisotopic (exact) mass is 544 g/mol. The van der Waals surface area contributed by atoms with Crippen LogP contribution >= 0.6 is 11.6 Å². The number of benzene rings is 2. The zero-order chi connectivity index (χ0) is 26.0. The Bertz CT molecular complexity index is 1160. The van der Waals surface area contributed by atoms with Gasteiger partial charge < -0.3 is 4.74 Å². The average Bonchev–Trinajstić information content (AvgIpc) is 2.75. The Hall–Kier alpha value is -2.51. The standard InChI is InChI=1S/C21H19ClF6N2O4S/c22-15-4-6-16(7-5-15)29-19(31)34-18(21(26,27)28)12-30-8-9-35(32,33)17(11-30)13-2-1-3-14(10-13)20(23,24)25/h1-7,10,17-18H,8-9,11-12H2,(H,29,31)/t17-,18+/m1/s1. The van der Waals surface area contributed by atoms with Gasteiger partial charge in [-0.1, -0.05) is 29.8 Å². The second kappa shape index (κ2) is 10.2. The highest BCUT2D eigenvalue weighted by Crippen LogP contribution is 2.35. The summed E-state index contributed by atoms with van der Waals surface area (Å²) >= 11 is 5.71. The van der Waals surface area contributed by atoms with Crippen LogP contribution in [0.1, 0.15) is 16.4 Å². The van der Waals surface area contributed by atoms with Gasteiger partial charge in [-0.3, -0.25) is 10.2 Å². The lowest BCUT2D eigenvalue weighted by molar-refractivity contribution is -0.206. The van der Waals surface area contributed by atoms with E-state index in [4.69, 9.17) is 11.6 Å². The van der Waals surface area contributed by atoms with Crippen molar-refractivity contribution in [1.82, 2.24) is 4.90 Å². The molecule has 1 fully saturated rings. The molecule has 0 unspecified atom stereocenters. The number of halogens is 7. The highest BCUT2D eigenvalue weighted by atomic mass is 35.5. The molecule has 14 heteroatoms. The van der Waals surface area contributed by atoms with Crippen molar-refractivity contribution < 1.29 is 44.3 Å². The molecule has 6 nitrogen and oxygen atoms in total. The second-order valence-corrected chi connectivity index (χ2v) is 10.5. The molecular weight excluding hydrogens is 526 g/mol. The van der Waals surface area contributed by atoms with Gasteiger partial charge in [-0.2, -0.15) is 26.3 Å². The molecule has 0 bridgehead atoms. The van der Waals surface area contributed by atoms with Crippen molar-refractivity contribution in [2.75, 3.05) is 30.7 Å². The van der Waals surface area contributed by atoms with E-state index < -0.39 is 64.0 Å². The number of nitrogens with one attached hydrogen (secondary N) is 1. The van der Waals surface area contributed by atoms with Crippen LogP contribution in [0.2, 0.25) is 5.02 Å². The molecule has 0 aromatic heterocycles. The molecule has 1 heterocycles. The summed E-state index contributed by atoms with van der Waals surface area (Å²) in [5.41, 5.74) is -1.12. The summed E-state index contributed by atoms with van der Waals surface area (Å²) in [6.07, 6.45) is -13.7. The fourth-order valence-corrected chi connectivity index (χ4v) is 5.41. The Morgan fingerprint density at radius 1 is 1.11 bits per heavy atom. The van der Waals surface area contributed by atoms with Gasteiger partial charge in [-0.25, -0.2) is 13.2 Å². The van der Waals surface area contributed by atoms with E-state index in [1.165, 1.54) is 30.3 Å². The van der Waals surface area contributed by atoms with Crippen LogP contribution in [0.25, 0.3) is 0 Å². The second-order valence-electron chi connectivity index (χ2n) is 7.81. The molecule has 2 atom stereocenters. The molecule has 0 radical (unpaired) electrons. The summed E-state index contributed by atoms with van der Waals surface area (Å²) in [4.78, 5) is 13.1. The zero-order valence-electron chi connectivity index (χ0n) is 17.7. The van der Waals surface area contributed by atoms with E-state index in [0.29, 0.717) is 11.1 Å². The van der Waals surface area contributed by atoms with Gasteiger partial charge in [0, 0.05) is 30.3 Å². The minimum atomic E-state index is -4.99. The van der Waals surface area contributed by atoms with Crippen molar-refractivity contribution in [1.29, 1.82) is 0 Å². The fourth-order valence-electron chi connectivity index (χ4n) is 3.48. The van der Waals surface area contributed by atoms with Crippen molar-refractivity contribution in [2.45, 2.75) is 23.7 Å². The molecule has 0 spiro atoms. The van der Waals surface area contributed by atoms with Crippen LogP contribution in [0, 0.1) is 0 Å². The number of carbonyl (C=O) groups is 1. The molecule has 35 heavy (non-hydrogen) atoms. The third-order valence-electron chi connectivity index (χ3n) is 5.26. The van der Waals surface area contributed by atoms with E-state index in [-0.39, 0.29) is 17.8 Å². The number of anilines is 1. The summed E-state index contributed by atoms with van der Waals surface area (Å²) < 4.78 is 110. The molecule has 1 aliphatic heterocycles. The van der Waals surface area contributed by atoms with Crippen LogP contribution in [-0.4, -0.2) is 57.1 Å². The van der Waals surface area contributed by atoms with E-state index >= 15 is 0 Å². The number of nitrogens with zero attached hydrogens (tertiary/aromatic N) is 1. The molecule has 1 aliphatic rings. The number of hydrogen-bond donors (Lipinski definition) is 1. The molecule has 192 valence electrons. The van der Waals surface area contributed by atoms with Crippen LogP contribution in [0.3, 0.4) is 0 Å². The Labute approximate surface area is 201 Å². The lowest BCUT2D eigenvalue weighted by Crippen LogP contribution is -2.50. The maximum Gasteiger partial charge on any atom is 0.426 e. The molecule has 2 aromatic carbocycles. The average molecular weight is 545 g/mol. The first-order valence-electron chi connectivity index (χ1n) is 10.1. The normalized spacial score (nSPS) is 19.7. The zero-order valence-corrected chi connectivity index (χ0v) is 19.3. The topological polar surface area (TPSA) is 75.7 Å². The Morgan fingerprint density at radius 2 is 1.77 bits per heavy atom. The number of sulfone groups is 1. The first kappa shape index (κ1) is 27.1. The fraction of sp³-hybridized carbons (Fsp3) is 0.381. The van der Waals surface area contributed by atoms with Gasteiger partial charge >= 0.3 is 18.4 Å². The number of carbonyl (C=O) groups excluding carboxylic acids is 1. The van der Waals surface area contributed by atoms with Crippen molar-refractivity contribution in [3.63, 3.8) is 0 Å². The van der Waals surface area contributed by atoms with Gasteiger partial charge in [0.25, 0.3) is 0 Å². The van der Waals surface area contributed by atoms with Crippen molar-refractivity contribution in [2.24, 2.45) is 0 Å². The number of alkyl halides is 6. The summed E-state index contributed by atoms with van der Waals surface area (Å²) in [6, 6.07) is 9.16. The smallest absolute Gasteiger partial charge is 0.426 e. The number of rotatable bonds is 5. The number of amides is 1. The van der Waals surface area contributed by atoms with E-state index in [1.54, 1.807) is 0 Å². The summed E-state index contributed by atoms with van der Waals surface area (Å²) in [5.74, 6) is -0.574. The molecular formula is C21H19ClF6N2O4S. The Kier molecular flexibility index (Phi) is 7.92. The lowest BCUT2D eigenvalue weighted by Gasteiger charge is -2.35.